The second-order valence-corrected chi connectivity index (χ2v) is 5.30. The van der Waals surface area contributed by atoms with E-state index in [2.05, 4.69) is 10.6 Å². The van der Waals surface area contributed by atoms with Crippen molar-refractivity contribution in [2.24, 2.45) is 0 Å². The lowest BCUT2D eigenvalue weighted by Gasteiger charge is -2.22. The summed E-state index contributed by atoms with van der Waals surface area (Å²) in [6.07, 6.45) is 5.12. The van der Waals surface area contributed by atoms with Gasteiger partial charge in [-0.3, -0.25) is 9.59 Å². The lowest BCUT2D eigenvalue weighted by Crippen LogP contribution is -2.42. The molecule has 6 heteroatoms. The molecule has 0 spiro atoms. The Morgan fingerprint density at radius 3 is 2.50 bits per heavy atom. The molecule has 1 fully saturated rings. The summed E-state index contributed by atoms with van der Waals surface area (Å²) >= 11 is 5.61. The topological polar surface area (TPSA) is 58.2 Å². The lowest BCUT2D eigenvalue weighted by atomic mass is 9.95. The minimum absolute atomic E-state index is 0.0683. The Balaban J connectivity index is 1.89. The first-order valence-electron chi connectivity index (χ1n) is 6.63. The Hall–Kier alpha value is -1.62. The average Bonchev–Trinajstić information content (AvgIpc) is 2.44. The summed E-state index contributed by atoms with van der Waals surface area (Å²) in [6.45, 7) is 0. The van der Waals surface area contributed by atoms with Crippen LogP contribution in [0.5, 0.6) is 0 Å². The molecule has 20 heavy (non-hydrogen) atoms. The van der Waals surface area contributed by atoms with Gasteiger partial charge in [-0.05, 0) is 31.0 Å². The minimum Gasteiger partial charge on any atom is -0.345 e. The number of rotatable bonds is 2. The van der Waals surface area contributed by atoms with E-state index in [1.165, 1.54) is 18.6 Å². The fourth-order valence-electron chi connectivity index (χ4n) is 2.26. The Labute approximate surface area is 121 Å². The van der Waals surface area contributed by atoms with Gasteiger partial charge in [-0.1, -0.05) is 30.9 Å². The standard InChI is InChI=1S/C14H16ClFN2O2/c15-11-8-10(6-7-12(11)16)18-14(20)13(19)17-9-4-2-1-3-5-9/h6-9H,1-5H2,(H,17,19)(H,18,20). The predicted octanol–water partition coefficient (Wildman–Crippen LogP) is 2.87. The summed E-state index contributed by atoms with van der Waals surface area (Å²) in [5.74, 6) is -2.01. The summed E-state index contributed by atoms with van der Waals surface area (Å²) in [4.78, 5) is 23.5. The Morgan fingerprint density at radius 2 is 1.85 bits per heavy atom. The van der Waals surface area contributed by atoms with E-state index in [0.29, 0.717) is 5.69 Å². The van der Waals surface area contributed by atoms with Crippen LogP contribution in [0.4, 0.5) is 10.1 Å². The molecule has 1 saturated carbocycles. The van der Waals surface area contributed by atoms with Gasteiger partial charge in [0.05, 0.1) is 5.02 Å². The molecule has 2 N–H and O–H groups in total. The SMILES string of the molecule is O=C(Nc1ccc(F)c(Cl)c1)C(=O)NC1CCCCC1. The number of anilines is 1. The predicted molar refractivity (Wildman–Crippen MR) is 75.1 cm³/mol. The van der Waals surface area contributed by atoms with Crippen LogP contribution < -0.4 is 10.6 Å². The number of hydrogen-bond acceptors (Lipinski definition) is 2. The van der Waals surface area contributed by atoms with E-state index in [1.54, 1.807) is 0 Å². The normalized spacial score (nSPS) is 15.7. The van der Waals surface area contributed by atoms with E-state index in [1.807, 2.05) is 0 Å². The third-order valence-corrected chi connectivity index (χ3v) is 3.61. The second kappa shape index (κ2) is 6.70. The van der Waals surface area contributed by atoms with E-state index in [0.717, 1.165) is 31.7 Å². The van der Waals surface area contributed by atoms with Gasteiger partial charge < -0.3 is 10.6 Å². The highest BCUT2D eigenvalue weighted by Gasteiger charge is 2.20. The number of carbonyl (C=O) groups excluding carboxylic acids is 2. The van der Waals surface area contributed by atoms with Gasteiger partial charge in [0.1, 0.15) is 5.82 Å². The van der Waals surface area contributed by atoms with Gasteiger partial charge in [0.15, 0.2) is 0 Å². The van der Waals surface area contributed by atoms with Crippen LogP contribution in [-0.2, 0) is 9.59 Å². The molecule has 0 aliphatic heterocycles. The number of carbonyl (C=O) groups is 2. The summed E-state index contributed by atoms with van der Waals surface area (Å²) in [6, 6.07) is 3.82. The molecule has 108 valence electrons. The first-order valence-corrected chi connectivity index (χ1v) is 7.01. The van der Waals surface area contributed by atoms with E-state index >= 15 is 0 Å². The third-order valence-electron chi connectivity index (χ3n) is 3.32. The van der Waals surface area contributed by atoms with Gasteiger partial charge in [-0.15, -0.1) is 0 Å². The molecule has 0 heterocycles. The molecule has 0 bridgehead atoms. The van der Waals surface area contributed by atoms with Crippen LogP contribution in [0.25, 0.3) is 0 Å². The maximum atomic E-state index is 13.0. The molecule has 0 radical (unpaired) electrons. The van der Waals surface area contributed by atoms with Crippen molar-refractivity contribution in [1.29, 1.82) is 0 Å². The number of halogens is 2. The zero-order chi connectivity index (χ0) is 14.5. The maximum Gasteiger partial charge on any atom is 0.313 e. The Morgan fingerprint density at radius 1 is 1.15 bits per heavy atom. The number of amides is 2. The molecule has 4 nitrogen and oxygen atoms in total. The highest BCUT2D eigenvalue weighted by Crippen LogP contribution is 2.19. The van der Waals surface area contributed by atoms with E-state index < -0.39 is 17.6 Å². The molecule has 0 saturated heterocycles. The summed E-state index contributed by atoms with van der Waals surface area (Å²) < 4.78 is 13.0. The molecule has 1 aromatic rings. The van der Waals surface area contributed by atoms with Crippen LogP contribution >= 0.6 is 11.6 Å². The smallest absolute Gasteiger partial charge is 0.313 e. The van der Waals surface area contributed by atoms with Gasteiger partial charge >= 0.3 is 11.8 Å². The van der Waals surface area contributed by atoms with E-state index in [-0.39, 0.29) is 11.1 Å². The Kier molecular flexibility index (Phi) is 4.95. The number of hydrogen-bond donors (Lipinski definition) is 2. The minimum atomic E-state index is -0.766. The summed E-state index contributed by atoms with van der Waals surface area (Å²) in [5, 5.41) is 5.00. The van der Waals surface area contributed by atoms with Crippen LogP contribution in [0.2, 0.25) is 5.02 Å². The quantitative estimate of drug-likeness (QED) is 0.825. The first-order chi connectivity index (χ1) is 9.56. The largest absolute Gasteiger partial charge is 0.345 e. The third kappa shape index (κ3) is 3.93. The molecule has 2 rings (SSSR count). The average molecular weight is 299 g/mol. The van der Waals surface area contributed by atoms with Gasteiger partial charge in [0, 0.05) is 11.7 Å². The zero-order valence-corrected chi connectivity index (χ0v) is 11.7. The molecule has 0 atom stereocenters. The van der Waals surface area contributed by atoms with Crippen LogP contribution in [0.3, 0.4) is 0 Å². The van der Waals surface area contributed by atoms with Crippen LogP contribution in [0, 0.1) is 5.82 Å². The lowest BCUT2D eigenvalue weighted by molar-refractivity contribution is -0.136. The number of benzene rings is 1. The molecule has 0 aromatic heterocycles. The first kappa shape index (κ1) is 14.8. The van der Waals surface area contributed by atoms with E-state index in [9.17, 15) is 14.0 Å². The van der Waals surface area contributed by atoms with Crippen molar-refractivity contribution in [1.82, 2.24) is 5.32 Å². The highest BCUT2D eigenvalue weighted by molar-refractivity contribution is 6.40. The maximum absolute atomic E-state index is 13.0. The van der Waals surface area contributed by atoms with Crippen molar-refractivity contribution in [3.05, 3.63) is 29.0 Å². The molecule has 1 aromatic carbocycles. The fourth-order valence-corrected chi connectivity index (χ4v) is 2.44. The fraction of sp³-hybridized carbons (Fsp3) is 0.429. The Bertz CT molecular complexity index is 516. The second-order valence-electron chi connectivity index (χ2n) is 4.89. The van der Waals surface area contributed by atoms with E-state index in [4.69, 9.17) is 11.6 Å². The van der Waals surface area contributed by atoms with Crippen molar-refractivity contribution in [3.8, 4) is 0 Å². The van der Waals surface area contributed by atoms with Gasteiger partial charge in [0.25, 0.3) is 0 Å². The molecule has 1 aliphatic carbocycles. The molecular formula is C14H16ClFN2O2. The summed E-state index contributed by atoms with van der Waals surface area (Å²) in [7, 11) is 0. The molecule has 0 unspecified atom stereocenters. The monoisotopic (exact) mass is 298 g/mol. The highest BCUT2D eigenvalue weighted by atomic mass is 35.5. The van der Waals surface area contributed by atoms with Crippen molar-refractivity contribution in [3.63, 3.8) is 0 Å². The van der Waals surface area contributed by atoms with Crippen molar-refractivity contribution in [2.45, 2.75) is 38.1 Å². The van der Waals surface area contributed by atoms with Gasteiger partial charge in [-0.25, -0.2) is 4.39 Å². The van der Waals surface area contributed by atoms with Crippen molar-refractivity contribution < 1.29 is 14.0 Å². The van der Waals surface area contributed by atoms with Crippen molar-refractivity contribution >= 4 is 29.1 Å². The zero-order valence-electron chi connectivity index (χ0n) is 10.9. The molecular weight excluding hydrogens is 283 g/mol. The molecule has 1 aliphatic rings. The molecule has 2 amide bonds. The van der Waals surface area contributed by atoms with Gasteiger partial charge in [-0.2, -0.15) is 0 Å². The van der Waals surface area contributed by atoms with Crippen LogP contribution in [0.1, 0.15) is 32.1 Å². The number of nitrogens with one attached hydrogen (secondary N) is 2. The van der Waals surface area contributed by atoms with Crippen LogP contribution in [-0.4, -0.2) is 17.9 Å². The summed E-state index contributed by atoms with van der Waals surface area (Å²) in [5.41, 5.74) is 0.292. The van der Waals surface area contributed by atoms with Gasteiger partial charge in [0.2, 0.25) is 0 Å². The van der Waals surface area contributed by atoms with Crippen LogP contribution in [0.15, 0.2) is 18.2 Å². The van der Waals surface area contributed by atoms with Crippen molar-refractivity contribution in [2.75, 3.05) is 5.32 Å².